The second-order valence-electron chi connectivity index (χ2n) is 5.72. The van der Waals surface area contributed by atoms with Crippen LogP contribution in [-0.4, -0.2) is 36.2 Å². The molecular formula is C14H26N2OS. The maximum atomic E-state index is 5.83. The summed E-state index contributed by atoms with van der Waals surface area (Å²) in [4.78, 5) is 4.55. The summed E-state index contributed by atoms with van der Waals surface area (Å²) in [6.07, 6.45) is 6.99. The topological polar surface area (TPSA) is 33.6 Å². The Kier molecular flexibility index (Phi) is 5.83. The third-order valence-electron chi connectivity index (χ3n) is 3.49. The van der Waals surface area contributed by atoms with E-state index in [9.17, 15) is 0 Å². The molecule has 0 saturated heterocycles. The van der Waals surface area contributed by atoms with Crippen molar-refractivity contribution in [1.29, 1.82) is 0 Å². The Morgan fingerprint density at radius 2 is 2.17 bits per heavy atom. The normalized spacial score (nSPS) is 24.8. The molecule has 104 valence electrons. The van der Waals surface area contributed by atoms with Gasteiger partial charge in [-0.05, 0) is 25.2 Å². The van der Waals surface area contributed by atoms with Crippen molar-refractivity contribution < 1.29 is 4.74 Å². The van der Waals surface area contributed by atoms with Gasteiger partial charge >= 0.3 is 0 Å². The van der Waals surface area contributed by atoms with Gasteiger partial charge in [0.05, 0.1) is 19.3 Å². The van der Waals surface area contributed by atoms with E-state index < -0.39 is 0 Å². The molecule has 0 bridgehead atoms. The van der Waals surface area contributed by atoms with Crippen molar-refractivity contribution in [1.82, 2.24) is 5.32 Å². The minimum Gasteiger partial charge on any atom is -0.376 e. The fraction of sp³-hybridized carbons (Fsp3) is 0.929. The molecule has 2 rings (SSSR count). The van der Waals surface area contributed by atoms with Crippen molar-refractivity contribution in [3.05, 3.63) is 0 Å². The van der Waals surface area contributed by atoms with Crippen molar-refractivity contribution in [2.24, 2.45) is 10.9 Å². The molecule has 1 N–H and O–H groups in total. The molecule has 0 spiro atoms. The predicted molar refractivity (Wildman–Crippen MR) is 79.3 cm³/mol. The van der Waals surface area contributed by atoms with E-state index in [0.29, 0.717) is 11.4 Å². The minimum atomic E-state index is 0.527. The summed E-state index contributed by atoms with van der Waals surface area (Å²) in [5.41, 5.74) is 0. The summed E-state index contributed by atoms with van der Waals surface area (Å²) >= 11 is 1.91. The number of thioether (sulfide) groups is 1. The fourth-order valence-electron chi connectivity index (χ4n) is 2.60. The van der Waals surface area contributed by atoms with Gasteiger partial charge in [-0.25, -0.2) is 0 Å². The Morgan fingerprint density at radius 3 is 2.89 bits per heavy atom. The van der Waals surface area contributed by atoms with E-state index in [1.165, 1.54) is 32.1 Å². The smallest absolute Gasteiger partial charge is 0.157 e. The van der Waals surface area contributed by atoms with Crippen LogP contribution in [0.5, 0.6) is 0 Å². The zero-order valence-electron chi connectivity index (χ0n) is 11.7. The Bertz CT molecular complexity index is 275. The van der Waals surface area contributed by atoms with Crippen LogP contribution in [0.15, 0.2) is 4.99 Å². The van der Waals surface area contributed by atoms with Crippen LogP contribution in [0.25, 0.3) is 0 Å². The van der Waals surface area contributed by atoms with Crippen molar-refractivity contribution in [2.45, 2.75) is 57.3 Å². The number of hydrogen-bond acceptors (Lipinski definition) is 4. The van der Waals surface area contributed by atoms with E-state index in [1.807, 2.05) is 11.8 Å². The molecule has 0 aromatic rings. The molecule has 1 unspecified atom stereocenters. The number of nitrogens with zero attached hydrogens (tertiary/aromatic N) is 1. The van der Waals surface area contributed by atoms with Crippen LogP contribution in [-0.2, 0) is 4.74 Å². The maximum Gasteiger partial charge on any atom is 0.157 e. The molecule has 18 heavy (non-hydrogen) atoms. The monoisotopic (exact) mass is 270 g/mol. The number of ether oxygens (including phenoxy) is 1. The van der Waals surface area contributed by atoms with Crippen molar-refractivity contribution >= 4 is 16.9 Å². The summed E-state index contributed by atoms with van der Waals surface area (Å²) < 4.78 is 5.83. The van der Waals surface area contributed by atoms with Gasteiger partial charge in [0.15, 0.2) is 5.17 Å². The lowest BCUT2D eigenvalue weighted by atomic mass is 10.1. The minimum absolute atomic E-state index is 0.527. The first-order chi connectivity index (χ1) is 8.74. The van der Waals surface area contributed by atoms with Crippen LogP contribution in [0.1, 0.15) is 46.0 Å². The Labute approximate surface area is 115 Å². The van der Waals surface area contributed by atoms with Gasteiger partial charge in [0.25, 0.3) is 0 Å². The Hall–Kier alpha value is -0.220. The van der Waals surface area contributed by atoms with Gasteiger partial charge in [0.2, 0.25) is 0 Å². The van der Waals surface area contributed by atoms with Crippen molar-refractivity contribution in [2.75, 3.05) is 19.7 Å². The second-order valence-corrected chi connectivity index (χ2v) is 7.01. The Morgan fingerprint density at radius 1 is 1.39 bits per heavy atom. The molecule has 0 amide bonds. The number of aliphatic imine (C=N–C) groups is 1. The van der Waals surface area contributed by atoms with Crippen LogP contribution in [0.4, 0.5) is 0 Å². The molecule has 1 heterocycles. The average Bonchev–Trinajstić information content (AvgIpc) is 2.95. The number of rotatable bonds is 6. The van der Waals surface area contributed by atoms with Gasteiger partial charge in [-0.3, -0.25) is 4.99 Å². The van der Waals surface area contributed by atoms with Crippen LogP contribution < -0.4 is 5.32 Å². The van der Waals surface area contributed by atoms with Gasteiger partial charge in [-0.15, -0.1) is 0 Å². The van der Waals surface area contributed by atoms with E-state index >= 15 is 0 Å². The third kappa shape index (κ3) is 4.81. The first kappa shape index (κ1) is 14.2. The third-order valence-corrected chi connectivity index (χ3v) is 4.66. The van der Waals surface area contributed by atoms with Gasteiger partial charge in [0, 0.05) is 11.8 Å². The SMILES string of the molecule is CC(C)CC1CN=C(NCCOC2CCCC2)S1. The van der Waals surface area contributed by atoms with Crippen LogP contribution in [0, 0.1) is 5.92 Å². The molecular weight excluding hydrogens is 244 g/mol. The van der Waals surface area contributed by atoms with E-state index in [-0.39, 0.29) is 0 Å². The quantitative estimate of drug-likeness (QED) is 0.753. The zero-order valence-corrected chi connectivity index (χ0v) is 12.5. The Balaban J connectivity index is 1.52. The molecule has 0 aromatic heterocycles. The molecule has 1 aliphatic heterocycles. The van der Waals surface area contributed by atoms with Crippen LogP contribution >= 0.6 is 11.8 Å². The van der Waals surface area contributed by atoms with Gasteiger partial charge in [0.1, 0.15) is 0 Å². The highest BCUT2D eigenvalue weighted by molar-refractivity contribution is 8.14. The van der Waals surface area contributed by atoms with Crippen molar-refractivity contribution in [3.63, 3.8) is 0 Å². The molecule has 2 aliphatic rings. The first-order valence-corrected chi connectivity index (χ1v) is 8.18. The molecule has 1 atom stereocenters. The summed E-state index contributed by atoms with van der Waals surface area (Å²) in [5.74, 6) is 0.766. The van der Waals surface area contributed by atoms with E-state index in [2.05, 4.69) is 24.2 Å². The van der Waals surface area contributed by atoms with Gasteiger partial charge in [-0.2, -0.15) is 0 Å². The summed E-state index contributed by atoms with van der Waals surface area (Å²) in [6, 6.07) is 0. The van der Waals surface area contributed by atoms with E-state index in [4.69, 9.17) is 4.74 Å². The lowest BCUT2D eigenvalue weighted by molar-refractivity contribution is 0.0624. The largest absolute Gasteiger partial charge is 0.376 e. The predicted octanol–water partition coefficient (Wildman–Crippen LogP) is 3.05. The van der Waals surface area contributed by atoms with E-state index in [1.54, 1.807) is 0 Å². The summed E-state index contributed by atoms with van der Waals surface area (Å²) in [6.45, 7) is 7.26. The lowest BCUT2D eigenvalue weighted by Gasteiger charge is -2.13. The van der Waals surface area contributed by atoms with Crippen molar-refractivity contribution in [3.8, 4) is 0 Å². The van der Waals surface area contributed by atoms with Crippen LogP contribution in [0.2, 0.25) is 0 Å². The number of nitrogens with one attached hydrogen (secondary N) is 1. The number of amidine groups is 1. The lowest BCUT2D eigenvalue weighted by Crippen LogP contribution is -2.26. The highest BCUT2D eigenvalue weighted by Gasteiger charge is 2.20. The molecule has 0 radical (unpaired) electrons. The molecule has 1 aliphatic carbocycles. The zero-order chi connectivity index (χ0) is 12.8. The molecule has 1 saturated carbocycles. The van der Waals surface area contributed by atoms with Crippen LogP contribution in [0.3, 0.4) is 0 Å². The highest BCUT2D eigenvalue weighted by atomic mass is 32.2. The fourth-order valence-corrected chi connectivity index (χ4v) is 3.88. The second kappa shape index (κ2) is 7.39. The summed E-state index contributed by atoms with van der Waals surface area (Å²) in [7, 11) is 0. The summed E-state index contributed by atoms with van der Waals surface area (Å²) in [5, 5.41) is 5.20. The van der Waals surface area contributed by atoms with Gasteiger partial charge in [-0.1, -0.05) is 38.5 Å². The average molecular weight is 270 g/mol. The molecule has 0 aromatic carbocycles. The highest BCUT2D eigenvalue weighted by Crippen LogP contribution is 2.25. The number of hydrogen-bond donors (Lipinski definition) is 1. The molecule has 4 heteroatoms. The first-order valence-electron chi connectivity index (χ1n) is 7.30. The van der Waals surface area contributed by atoms with E-state index in [0.717, 1.165) is 30.8 Å². The standard InChI is InChI=1S/C14H26N2OS/c1-11(2)9-13-10-16-14(18-13)15-7-8-17-12-5-3-4-6-12/h11-13H,3-10H2,1-2H3,(H,15,16). The van der Waals surface area contributed by atoms with Gasteiger partial charge < -0.3 is 10.1 Å². The maximum absolute atomic E-state index is 5.83. The molecule has 1 fully saturated rings. The molecule has 3 nitrogen and oxygen atoms in total.